The van der Waals surface area contributed by atoms with Gasteiger partial charge in [-0.1, -0.05) is 12.1 Å². The molecule has 2 aliphatic rings. The van der Waals surface area contributed by atoms with Crippen molar-refractivity contribution in [3.63, 3.8) is 0 Å². The van der Waals surface area contributed by atoms with Crippen molar-refractivity contribution in [2.24, 2.45) is 5.92 Å². The molecule has 2 atom stereocenters. The monoisotopic (exact) mass is 343 g/mol. The number of piperidine rings is 1. The highest BCUT2D eigenvalue weighted by atomic mass is 16.5. The molecule has 6 heteroatoms. The van der Waals surface area contributed by atoms with Gasteiger partial charge in [0.15, 0.2) is 0 Å². The fraction of sp³-hybridized carbons (Fsp3) is 0.579. The molecule has 6 nitrogen and oxygen atoms in total. The minimum atomic E-state index is -0.0516. The molecule has 0 saturated carbocycles. The normalized spacial score (nSPS) is 25.4. The van der Waals surface area contributed by atoms with Gasteiger partial charge in [0.2, 0.25) is 5.91 Å². The maximum atomic E-state index is 12.8. The Kier molecular flexibility index (Phi) is 4.37. The van der Waals surface area contributed by atoms with E-state index in [1.165, 1.54) is 0 Å². The number of benzene rings is 1. The van der Waals surface area contributed by atoms with Gasteiger partial charge >= 0.3 is 5.69 Å². The van der Waals surface area contributed by atoms with Crippen LogP contribution in [-0.4, -0.2) is 46.2 Å². The number of H-pyrrole nitrogens is 1. The van der Waals surface area contributed by atoms with Gasteiger partial charge in [0.1, 0.15) is 0 Å². The summed E-state index contributed by atoms with van der Waals surface area (Å²) < 4.78 is 7.42. The molecule has 1 aromatic heterocycles. The van der Waals surface area contributed by atoms with Crippen LogP contribution in [0.15, 0.2) is 29.1 Å². The zero-order valence-electron chi connectivity index (χ0n) is 14.6. The first-order chi connectivity index (χ1) is 12.1. The second-order valence-corrected chi connectivity index (χ2v) is 7.28. The second-order valence-electron chi connectivity index (χ2n) is 7.28. The van der Waals surface area contributed by atoms with Gasteiger partial charge in [0.25, 0.3) is 0 Å². The number of fused-ring (bicyclic) bond motifs is 1. The average Bonchev–Trinajstić information content (AvgIpc) is 2.97. The number of amides is 1. The summed E-state index contributed by atoms with van der Waals surface area (Å²) in [7, 11) is 0. The van der Waals surface area contributed by atoms with Gasteiger partial charge in [-0.15, -0.1) is 0 Å². The lowest BCUT2D eigenvalue weighted by molar-refractivity contribution is -0.141. The molecule has 2 unspecified atom stereocenters. The number of rotatable bonds is 2. The number of hydrogen-bond acceptors (Lipinski definition) is 3. The minimum absolute atomic E-state index is 0.0516. The number of nitrogens with zero attached hydrogens (tertiary/aromatic N) is 2. The van der Waals surface area contributed by atoms with E-state index >= 15 is 0 Å². The molecule has 4 rings (SSSR count). The molecule has 2 fully saturated rings. The predicted octanol–water partition coefficient (Wildman–Crippen LogP) is 2.31. The SMILES string of the molecule is CC1CC(C(=O)N2CCC(n3c(=O)[nH]c4ccccc43)CC2)CCO1. The van der Waals surface area contributed by atoms with E-state index in [0.717, 1.165) is 49.8 Å². The molecule has 0 spiro atoms. The lowest BCUT2D eigenvalue weighted by Crippen LogP contribution is -2.45. The van der Waals surface area contributed by atoms with E-state index in [9.17, 15) is 9.59 Å². The van der Waals surface area contributed by atoms with E-state index in [4.69, 9.17) is 4.74 Å². The Hall–Kier alpha value is -2.08. The molecule has 25 heavy (non-hydrogen) atoms. The summed E-state index contributed by atoms with van der Waals surface area (Å²) in [4.78, 5) is 30.0. The summed E-state index contributed by atoms with van der Waals surface area (Å²) in [6.07, 6.45) is 3.47. The van der Waals surface area contributed by atoms with Gasteiger partial charge in [-0.3, -0.25) is 9.36 Å². The molecular formula is C19H25N3O3. The summed E-state index contributed by atoms with van der Waals surface area (Å²) in [5.74, 6) is 0.357. The van der Waals surface area contributed by atoms with Crippen molar-refractivity contribution < 1.29 is 9.53 Å². The van der Waals surface area contributed by atoms with Crippen LogP contribution in [0.1, 0.15) is 38.6 Å². The standard InChI is InChI=1S/C19H25N3O3/c1-13-12-14(8-11-25-13)18(23)21-9-6-15(7-10-21)22-17-5-3-2-4-16(17)20-19(22)24/h2-5,13-15H,6-12H2,1H3,(H,20,24). The number of carbonyl (C=O) groups is 1. The van der Waals surface area contributed by atoms with Gasteiger partial charge in [-0.05, 0) is 44.7 Å². The highest BCUT2D eigenvalue weighted by Gasteiger charge is 2.32. The summed E-state index contributed by atoms with van der Waals surface area (Å²) >= 11 is 0. The molecule has 2 aromatic rings. The fourth-order valence-electron chi connectivity index (χ4n) is 4.26. The van der Waals surface area contributed by atoms with Crippen LogP contribution in [0.4, 0.5) is 0 Å². The first-order valence-electron chi connectivity index (χ1n) is 9.23. The van der Waals surface area contributed by atoms with Gasteiger partial charge in [-0.2, -0.15) is 0 Å². The highest BCUT2D eigenvalue weighted by Crippen LogP contribution is 2.28. The second kappa shape index (κ2) is 6.67. The number of carbonyl (C=O) groups excluding carboxylic acids is 1. The highest BCUT2D eigenvalue weighted by molar-refractivity contribution is 5.79. The number of para-hydroxylation sites is 2. The molecule has 3 heterocycles. The van der Waals surface area contributed by atoms with Crippen molar-refractivity contribution >= 4 is 16.9 Å². The summed E-state index contributed by atoms with van der Waals surface area (Å²) in [5, 5.41) is 0. The Bertz CT molecular complexity index is 817. The Morgan fingerprint density at radius 1 is 1.20 bits per heavy atom. The molecule has 1 amide bonds. The van der Waals surface area contributed by atoms with E-state index in [1.807, 2.05) is 40.7 Å². The van der Waals surface area contributed by atoms with E-state index in [1.54, 1.807) is 0 Å². The van der Waals surface area contributed by atoms with Gasteiger partial charge in [0.05, 0.1) is 17.1 Å². The quantitative estimate of drug-likeness (QED) is 0.910. The van der Waals surface area contributed by atoms with Crippen LogP contribution in [0, 0.1) is 5.92 Å². The number of aromatic nitrogens is 2. The summed E-state index contributed by atoms with van der Waals surface area (Å²) in [6.45, 7) is 4.16. The largest absolute Gasteiger partial charge is 0.378 e. The van der Waals surface area contributed by atoms with E-state index in [0.29, 0.717) is 6.61 Å². The number of ether oxygens (including phenoxy) is 1. The maximum absolute atomic E-state index is 12.8. The first-order valence-corrected chi connectivity index (χ1v) is 9.23. The van der Waals surface area contributed by atoms with Crippen LogP contribution in [0.2, 0.25) is 0 Å². The third-order valence-electron chi connectivity index (χ3n) is 5.60. The molecule has 0 aliphatic carbocycles. The Balaban J connectivity index is 1.45. The zero-order chi connectivity index (χ0) is 17.4. The molecular weight excluding hydrogens is 318 g/mol. The Morgan fingerprint density at radius 3 is 2.72 bits per heavy atom. The number of aromatic amines is 1. The smallest absolute Gasteiger partial charge is 0.326 e. The van der Waals surface area contributed by atoms with Crippen LogP contribution in [0.25, 0.3) is 11.0 Å². The van der Waals surface area contributed by atoms with E-state index < -0.39 is 0 Å². The topological polar surface area (TPSA) is 67.3 Å². The van der Waals surface area contributed by atoms with Crippen molar-refractivity contribution in [2.45, 2.75) is 44.8 Å². The van der Waals surface area contributed by atoms with Crippen LogP contribution >= 0.6 is 0 Å². The number of imidazole rings is 1. The maximum Gasteiger partial charge on any atom is 0.326 e. The van der Waals surface area contributed by atoms with Crippen LogP contribution in [0.5, 0.6) is 0 Å². The molecule has 2 aliphatic heterocycles. The van der Waals surface area contributed by atoms with Gasteiger partial charge in [0, 0.05) is 31.7 Å². The Labute approximate surface area is 146 Å². The third kappa shape index (κ3) is 3.11. The predicted molar refractivity (Wildman–Crippen MR) is 95.5 cm³/mol. The van der Waals surface area contributed by atoms with Gasteiger partial charge in [-0.25, -0.2) is 4.79 Å². The first kappa shape index (κ1) is 16.4. The van der Waals surface area contributed by atoms with E-state index in [-0.39, 0.29) is 29.7 Å². The molecule has 1 aromatic carbocycles. The third-order valence-corrected chi connectivity index (χ3v) is 5.60. The average molecular weight is 343 g/mol. The molecule has 0 radical (unpaired) electrons. The van der Waals surface area contributed by atoms with Crippen molar-refractivity contribution in [3.05, 3.63) is 34.7 Å². The van der Waals surface area contributed by atoms with Crippen molar-refractivity contribution in [1.29, 1.82) is 0 Å². The molecule has 2 saturated heterocycles. The van der Waals surface area contributed by atoms with E-state index in [2.05, 4.69) is 4.98 Å². The minimum Gasteiger partial charge on any atom is -0.378 e. The van der Waals surface area contributed by atoms with Crippen LogP contribution < -0.4 is 5.69 Å². The molecule has 0 bridgehead atoms. The lowest BCUT2D eigenvalue weighted by Gasteiger charge is -2.36. The van der Waals surface area contributed by atoms with Crippen LogP contribution in [0.3, 0.4) is 0 Å². The number of hydrogen-bond donors (Lipinski definition) is 1. The van der Waals surface area contributed by atoms with Crippen LogP contribution in [-0.2, 0) is 9.53 Å². The molecule has 134 valence electrons. The fourth-order valence-corrected chi connectivity index (χ4v) is 4.26. The van der Waals surface area contributed by atoms with Crippen molar-refractivity contribution in [1.82, 2.24) is 14.5 Å². The number of likely N-dealkylation sites (tertiary alicyclic amines) is 1. The number of nitrogens with one attached hydrogen (secondary N) is 1. The lowest BCUT2D eigenvalue weighted by atomic mass is 9.93. The van der Waals surface area contributed by atoms with Gasteiger partial charge < -0.3 is 14.6 Å². The van der Waals surface area contributed by atoms with Crippen molar-refractivity contribution in [2.75, 3.05) is 19.7 Å². The molecule has 1 N–H and O–H groups in total. The Morgan fingerprint density at radius 2 is 1.96 bits per heavy atom. The van der Waals surface area contributed by atoms with Crippen molar-refractivity contribution in [3.8, 4) is 0 Å². The summed E-state index contributed by atoms with van der Waals surface area (Å²) in [5.41, 5.74) is 1.78. The zero-order valence-corrected chi connectivity index (χ0v) is 14.6. The summed E-state index contributed by atoms with van der Waals surface area (Å²) in [6, 6.07) is 7.95.